The van der Waals surface area contributed by atoms with Gasteiger partial charge in [-0.3, -0.25) is 4.79 Å². The maximum absolute atomic E-state index is 13.7. The van der Waals surface area contributed by atoms with Gasteiger partial charge in [-0.15, -0.1) is 0 Å². The van der Waals surface area contributed by atoms with Crippen LogP contribution in [0.4, 0.5) is 8.78 Å². The number of fused-ring (bicyclic) bond motifs is 1. The molecule has 0 bridgehead atoms. The minimum Gasteiger partial charge on any atom is -0.305 e. The van der Waals surface area contributed by atoms with Gasteiger partial charge < -0.3 is 4.98 Å². The Morgan fingerprint density at radius 3 is 2.79 bits per heavy atom. The molecule has 0 fully saturated rings. The average Bonchev–Trinajstić information content (AvgIpc) is 2.55. The van der Waals surface area contributed by atoms with E-state index in [1.165, 1.54) is 12.1 Å². The number of nitrogens with zero attached hydrogens (tertiary/aromatic N) is 2. The maximum Gasteiger partial charge on any atom is 0.259 e. The predicted octanol–water partition coefficient (Wildman–Crippen LogP) is 3.92. The van der Waals surface area contributed by atoms with E-state index < -0.39 is 17.2 Å². The number of hydrogen-bond acceptors (Lipinski definition) is 3. The third kappa shape index (κ3) is 3.03. The predicted molar refractivity (Wildman–Crippen MR) is 87.2 cm³/mol. The minimum atomic E-state index is -0.699. The standard InChI is InChI=1S/C17H8ClF2N3O/c18-11-1-3-13-15(7-11)22-16(23-17(13)24)10(8-21)5-9-6-12(19)2-4-14(9)20/h1-7H,(H,22,23,24). The molecule has 0 unspecified atom stereocenters. The highest BCUT2D eigenvalue weighted by atomic mass is 35.5. The van der Waals surface area contributed by atoms with Crippen LogP contribution in [0.25, 0.3) is 22.6 Å². The second-order valence-corrected chi connectivity index (χ2v) is 5.35. The van der Waals surface area contributed by atoms with Crippen LogP contribution in [-0.4, -0.2) is 9.97 Å². The zero-order chi connectivity index (χ0) is 17.3. The molecule has 4 nitrogen and oxygen atoms in total. The van der Waals surface area contributed by atoms with Crippen LogP contribution >= 0.6 is 11.6 Å². The molecule has 0 saturated heterocycles. The summed E-state index contributed by atoms with van der Waals surface area (Å²) in [5, 5.41) is 9.98. The van der Waals surface area contributed by atoms with E-state index in [-0.39, 0.29) is 17.0 Å². The van der Waals surface area contributed by atoms with E-state index >= 15 is 0 Å². The second kappa shape index (κ2) is 6.22. The highest BCUT2D eigenvalue weighted by Gasteiger charge is 2.10. The third-order valence-corrected chi connectivity index (χ3v) is 3.54. The van der Waals surface area contributed by atoms with Crippen LogP contribution in [0.3, 0.4) is 0 Å². The van der Waals surface area contributed by atoms with Gasteiger partial charge in [0.1, 0.15) is 17.7 Å². The fraction of sp³-hybridized carbons (Fsp3) is 0. The molecule has 0 aliphatic carbocycles. The van der Waals surface area contributed by atoms with Crippen molar-refractivity contribution in [3.05, 3.63) is 74.8 Å². The zero-order valence-corrected chi connectivity index (χ0v) is 12.7. The van der Waals surface area contributed by atoms with E-state index in [2.05, 4.69) is 9.97 Å². The SMILES string of the molecule is N#CC(=Cc1cc(F)ccc1F)c1nc2cc(Cl)ccc2c(=O)[nH]1. The molecular formula is C17H8ClF2N3O. The molecule has 1 heterocycles. The Hall–Kier alpha value is -3.04. The van der Waals surface area contributed by atoms with Crippen molar-refractivity contribution < 1.29 is 8.78 Å². The summed E-state index contributed by atoms with van der Waals surface area (Å²) in [5.74, 6) is -1.40. The molecule has 0 amide bonds. The number of benzene rings is 2. The molecule has 2 aromatic carbocycles. The Bertz CT molecular complexity index is 1080. The second-order valence-electron chi connectivity index (χ2n) is 4.91. The summed E-state index contributed by atoms with van der Waals surface area (Å²) in [7, 11) is 0. The van der Waals surface area contributed by atoms with Crippen LogP contribution < -0.4 is 5.56 Å². The van der Waals surface area contributed by atoms with E-state index in [1.54, 1.807) is 6.07 Å². The number of nitrogens with one attached hydrogen (secondary N) is 1. The Labute approximate surface area is 139 Å². The molecule has 24 heavy (non-hydrogen) atoms. The van der Waals surface area contributed by atoms with Crippen LogP contribution in [0.1, 0.15) is 11.4 Å². The Balaban J connectivity index is 2.20. The Morgan fingerprint density at radius 2 is 2.04 bits per heavy atom. The molecule has 7 heteroatoms. The number of hydrogen-bond donors (Lipinski definition) is 1. The number of aromatic amines is 1. The van der Waals surface area contributed by atoms with Gasteiger partial charge >= 0.3 is 0 Å². The van der Waals surface area contributed by atoms with Gasteiger partial charge in [-0.25, -0.2) is 13.8 Å². The van der Waals surface area contributed by atoms with E-state index in [9.17, 15) is 18.8 Å². The van der Waals surface area contributed by atoms with Crippen LogP contribution in [0.15, 0.2) is 41.2 Å². The number of nitriles is 1. The number of halogens is 3. The summed E-state index contributed by atoms with van der Waals surface area (Å²) in [6.07, 6.45) is 1.12. The van der Waals surface area contributed by atoms with Crippen molar-refractivity contribution in [3.63, 3.8) is 0 Å². The van der Waals surface area contributed by atoms with Crippen molar-refractivity contribution in [3.8, 4) is 6.07 Å². The normalized spacial score (nSPS) is 11.5. The molecule has 0 aliphatic heterocycles. The molecule has 3 rings (SSSR count). The van der Waals surface area contributed by atoms with Crippen LogP contribution in [0, 0.1) is 23.0 Å². The first kappa shape index (κ1) is 15.8. The van der Waals surface area contributed by atoms with Gasteiger partial charge in [0, 0.05) is 10.6 Å². The molecule has 0 atom stereocenters. The summed E-state index contributed by atoms with van der Waals surface area (Å²) in [6, 6.07) is 9.23. The van der Waals surface area contributed by atoms with Crippen LogP contribution in [-0.2, 0) is 0 Å². The highest BCUT2D eigenvalue weighted by molar-refractivity contribution is 6.31. The number of allylic oxidation sites excluding steroid dienone is 1. The molecule has 0 spiro atoms. The first-order chi connectivity index (χ1) is 11.5. The molecule has 1 N–H and O–H groups in total. The lowest BCUT2D eigenvalue weighted by atomic mass is 10.1. The quantitative estimate of drug-likeness (QED) is 0.717. The zero-order valence-electron chi connectivity index (χ0n) is 12.0. The van der Waals surface area contributed by atoms with Crippen LogP contribution in [0.2, 0.25) is 5.02 Å². The molecule has 1 aromatic heterocycles. The van der Waals surface area contributed by atoms with Crippen molar-refractivity contribution in [2.45, 2.75) is 0 Å². The topological polar surface area (TPSA) is 69.5 Å². The average molecular weight is 344 g/mol. The van der Waals surface area contributed by atoms with E-state index in [4.69, 9.17) is 11.6 Å². The summed E-state index contributed by atoms with van der Waals surface area (Å²) in [5.41, 5.74) is -0.409. The number of aromatic nitrogens is 2. The fourth-order valence-corrected chi connectivity index (χ4v) is 2.34. The van der Waals surface area contributed by atoms with E-state index in [0.717, 1.165) is 24.3 Å². The monoisotopic (exact) mass is 343 g/mol. The lowest BCUT2D eigenvalue weighted by Crippen LogP contribution is -2.11. The molecule has 3 aromatic rings. The van der Waals surface area contributed by atoms with E-state index in [1.807, 2.05) is 6.07 Å². The smallest absolute Gasteiger partial charge is 0.259 e. The van der Waals surface area contributed by atoms with Gasteiger partial charge in [-0.05, 0) is 42.5 Å². The lowest BCUT2D eigenvalue weighted by molar-refractivity contribution is 0.598. The molecule has 0 saturated carbocycles. The Kier molecular flexibility index (Phi) is 4.11. The molecule has 0 aliphatic rings. The summed E-state index contributed by atoms with van der Waals surface area (Å²) in [4.78, 5) is 18.7. The first-order valence-corrected chi connectivity index (χ1v) is 7.12. The van der Waals surface area contributed by atoms with Crippen molar-refractivity contribution in [2.75, 3.05) is 0 Å². The maximum atomic E-state index is 13.7. The van der Waals surface area contributed by atoms with Crippen molar-refractivity contribution in [1.29, 1.82) is 5.26 Å². The summed E-state index contributed by atoms with van der Waals surface area (Å²) < 4.78 is 27.0. The summed E-state index contributed by atoms with van der Waals surface area (Å²) in [6.45, 7) is 0. The number of rotatable bonds is 2. The molecular weight excluding hydrogens is 336 g/mol. The number of H-pyrrole nitrogens is 1. The van der Waals surface area contributed by atoms with Gasteiger partial charge in [-0.1, -0.05) is 11.6 Å². The van der Waals surface area contributed by atoms with Gasteiger partial charge in [0.25, 0.3) is 5.56 Å². The lowest BCUT2D eigenvalue weighted by Gasteiger charge is -2.03. The first-order valence-electron chi connectivity index (χ1n) is 6.75. The molecule has 118 valence electrons. The summed E-state index contributed by atoms with van der Waals surface area (Å²) >= 11 is 5.88. The largest absolute Gasteiger partial charge is 0.305 e. The fourth-order valence-electron chi connectivity index (χ4n) is 2.17. The van der Waals surface area contributed by atoms with Gasteiger partial charge in [-0.2, -0.15) is 5.26 Å². The van der Waals surface area contributed by atoms with Gasteiger partial charge in [0.05, 0.1) is 16.5 Å². The third-order valence-electron chi connectivity index (χ3n) is 3.30. The highest BCUT2D eigenvalue weighted by Crippen LogP contribution is 2.20. The van der Waals surface area contributed by atoms with Gasteiger partial charge in [0.15, 0.2) is 5.82 Å². The molecule has 0 radical (unpaired) electrons. The Morgan fingerprint density at radius 1 is 1.25 bits per heavy atom. The van der Waals surface area contributed by atoms with Crippen molar-refractivity contribution in [1.82, 2.24) is 9.97 Å². The minimum absolute atomic E-state index is 0.0547. The van der Waals surface area contributed by atoms with Crippen LogP contribution in [0.5, 0.6) is 0 Å². The van der Waals surface area contributed by atoms with E-state index in [0.29, 0.717) is 15.9 Å². The van der Waals surface area contributed by atoms with Gasteiger partial charge in [0.2, 0.25) is 0 Å². The van der Waals surface area contributed by atoms with Crippen molar-refractivity contribution in [2.24, 2.45) is 0 Å². The van der Waals surface area contributed by atoms with Crippen molar-refractivity contribution >= 4 is 34.2 Å².